The number of aryl methyl sites for hydroxylation is 1. The van der Waals surface area contributed by atoms with Gasteiger partial charge in [-0.25, -0.2) is 0 Å². The largest absolute Gasteiger partial charge is 0.469 e. The van der Waals surface area contributed by atoms with E-state index < -0.39 is 0 Å². The second kappa shape index (κ2) is 4.70. The van der Waals surface area contributed by atoms with E-state index in [1.807, 2.05) is 12.1 Å². The van der Waals surface area contributed by atoms with Gasteiger partial charge >= 0.3 is 0 Å². The lowest BCUT2D eigenvalue weighted by Gasteiger charge is -2.12. The number of carbonyl (C=O) groups is 1. The Morgan fingerprint density at radius 1 is 1.56 bits per heavy atom. The van der Waals surface area contributed by atoms with E-state index in [0.717, 1.165) is 25.1 Å². The van der Waals surface area contributed by atoms with Gasteiger partial charge in [-0.05, 0) is 36.9 Å². The molecule has 1 saturated carbocycles. The van der Waals surface area contributed by atoms with Crippen molar-refractivity contribution in [2.45, 2.75) is 25.7 Å². The molecule has 2 rings (SSSR count). The van der Waals surface area contributed by atoms with E-state index in [0.29, 0.717) is 19.4 Å². The summed E-state index contributed by atoms with van der Waals surface area (Å²) in [6.45, 7) is 1.39. The highest BCUT2D eigenvalue weighted by Crippen LogP contribution is 2.43. The number of nitrogens with one attached hydrogen (secondary N) is 1. The summed E-state index contributed by atoms with van der Waals surface area (Å²) in [6, 6.07) is 3.72. The van der Waals surface area contributed by atoms with Crippen LogP contribution in [0.25, 0.3) is 0 Å². The van der Waals surface area contributed by atoms with Crippen LogP contribution in [-0.4, -0.2) is 19.0 Å². The Labute approximate surface area is 95.2 Å². The average Bonchev–Trinajstić information content (AvgIpc) is 2.90. The molecule has 3 N–H and O–H groups in total. The van der Waals surface area contributed by atoms with Gasteiger partial charge in [0.05, 0.1) is 6.26 Å². The van der Waals surface area contributed by atoms with Gasteiger partial charge in [-0.3, -0.25) is 4.79 Å². The maximum Gasteiger partial charge on any atom is 0.220 e. The highest BCUT2D eigenvalue weighted by Gasteiger charge is 2.41. The molecule has 4 heteroatoms. The van der Waals surface area contributed by atoms with Crippen LogP contribution in [0.2, 0.25) is 0 Å². The number of hydrogen-bond donors (Lipinski definition) is 2. The van der Waals surface area contributed by atoms with Crippen LogP contribution in [0.3, 0.4) is 0 Å². The minimum absolute atomic E-state index is 0.0797. The number of rotatable bonds is 6. The van der Waals surface area contributed by atoms with Crippen LogP contribution in [0.4, 0.5) is 0 Å². The molecule has 0 unspecified atom stereocenters. The normalized spacial score (nSPS) is 17.1. The van der Waals surface area contributed by atoms with E-state index in [-0.39, 0.29) is 11.3 Å². The lowest BCUT2D eigenvalue weighted by Crippen LogP contribution is -2.33. The monoisotopic (exact) mass is 222 g/mol. The van der Waals surface area contributed by atoms with E-state index in [1.54, 1.807) is 6.26 Å². The highest BCUT2D eigenvalue weighted by molar-refractivity contribution is 5.76. The fourth-order valence-corrected chi connectivity index (χ4v) is 1.70. The SMILES string of the molecule is NCC1(CNC(=O)CCc2ccco2)CC1. The van der Waals surface area contributed by atoms with Crippen LogP contribution in [0, 0.1) is 5.41 Å². The third-order valence-corrected chi connectivity index (χ3v) is 3.23. The Morgan fingerprint density at radius 2 is 2.38 bits per heavy atom. The number of furan rings is 1. The molecule has 0 radical (unpaired) electrons. The topological polar surface area (TPSA) is 68.3 Å². The molecule has 0 atom stereocenters. The maximum absolute atomic E-state index is 11.5. The minimum Gasteiger partial charge on any atom is -0.469 e. The summed E-state index contributed by atoms with van der Waals surface area (Å²) in [6.07, 6.45) is 5.05. The van der Waals surface area contributed by atoms with Crippen LogP contribution in [0.1, 0.15) is 25.0 Å². The molecule has 1 amide bonds. The third kappa shape index (κ3) is 2.85. The molecule has 0 bridgehead atoms. The molecular formula is C12H18N2O2. The van der Waals surface area contributed by atoms with E-state index in [4.69, 9.17) is 10.2 Å². The molecule has 0 saturated heterocycles. The molecular weight excluding hydrogens is 204 g/mol. The molecule has 1 fully saturated rings. The zero-order chi connectivity index (χ0) is 11.4. The van der Waals surface area contributed by atoms with Crippen LogP contribution in [0.15, 0.2) is 22.8 Å². The van der Waals surface area contributed by atoms with Crippen LogP contribution >= 0.6 is 0 Å². The Bertz CT molecular complexity index is 342. The van der Waals surface area contributed by atoms with Crippen molar-refractivity contribution in [3.63, 3.8) is 0 Å². The lowest BCUT2D eigenvalue weighted by atomic mass is 10.1. The predicted octanol–water partition coefficient (Wildman–Crippen LogP) is 1.07. The van der Waals surface area contributed by atoms with Gasteiger partial charge in [0.1, 0.15) is 5.76 Å². The second-order valence-electron chi connectivity index (χ2n) is 4.56. The minimum atomic E-state index is 0.0797. The van der Waals surface area contributed by atoms with E-state index in [9.17, 15) is 4.79 Å². The number of nitrogens with two attached hydrogens (primary N) is 1. The van der Waals surface area contributed by atoms with Gasteiger partial charge in [-0.1, -0.05) is 0 Å². The first-order valence-corrected chi connectivity index (χ1v) is 5.73. The Morgan fingerprint density at radius 3 is 2.94 bits per heavy atom. The maximum atomic E-state index is 11.5. The van der Waals surface area contributed by atoms with E-state index in [2.05, 4.69) is 5.32 Å². The first kappa shape index (κ1) is 11.2. The van der Waals surface area contributed by atoms with Crippen LogP contribution < -0.4 is 11.1 Å². The third-order valence-electron chi connectivity index (χ3n) is 3.23. The molecule has 1 heterocycles. The summed E-state index contributed by atoms with van der Waals surface area (Å²) in [4.78, 5) is 11.5. The van der Waals surface area contributed by atoms with Crippen molar-refractivity contribution in [2.24, 2.45) is 11.1 Å². The summed E-state index contributed by atoms with van der Waals surface area (Å²) >= 11 is 0. The smallest absolute Gasteiger partial charge is 0.220 e. The van der Waals surface area contributed by atoms with Crippen molar-refractivity contribution in [3.8, 4) is 0 Å². The quantitative estimate of drug-likeness (QED) is 0.756. The lowest BCUT2D eigenvalue weighted by molar-refractivity contribution is -0.121. The molecule has 0 aliphatic heterocycles. The molecule has 1 aromatic rings. The predicted molar refractivity (Wildman–Crippen MR) is 60.8 cm³/mol. The van der Waals surface area contributed by atoms with Gasteiger partial charge in [-0.15, -0.1) is 0 Å². The summed E-state index contributed by atoms with van der Waals surface area (Å²) in [5, 5.41) is 2.94. The van der Waals surface area contributed by atoms with Gasteiger partial charge in [0, 0.05) is 19.4 Å². The van der Waals surface area contributed by atoms with Crippen molar-refractivity contribution in [3.05, 3.63) is 24.2 Å². The van der Waals surface area contributed by atoms with Gasteiger partial charge in [0.2, 0.25) is 5.91 Å². The summed E-state index contributed by atoms with van der Waals surface area (Å²) in [5.41, 5.74) is 5.85. The Balaban J connectivity index is 1.65. The number of hydrogen-bond acceptors (Lipinski definition) is 3. The van der Waals surface area contributed by atoms with Gasteiger partial charge < -0.3 is 15.5 Å². The van der Waals surface area contributed by atoms with E-state index >= 15 is 0 Å². The van der Waals surface area contributed by atoms with Crippen molar-refractivity contribution in [1.82, 2.24) is 5.32 Å². The fourth-order valence-electron chi connectivity index (χ4n) is 1.70. The first-order chi connectivity index (χ1) is 7.74. The standard InChI is InChI=1S/C12H18N2O2/c13-8-12(5-6-12)9-14-11(15)4-3-10-2-1-7-16-10/h1-2,7H,3-6,8-9,13H2,(H,14,15). The van der Waals surface area contributed by atoms with Crippen molar-refractivity contribution in [2.75, 3.05) is 13.1 Å². The van der Waals surface area contributed by atoms with Crippen molar-refractivity contribution >= 4 is 5.91 Å². The van der Waals surface area contributed by atoms with Crippen molar-refractivity contribution < 1.29 is 9.21 Å². The first-order valence-electron chi connectivity index (χ1n) is 5.73. The number of carbonyl (C=O) groups excluding carboxylic acids is 1. The molecule has 1 aliphatic carbocycles. The molecule has 0 spiro atoms. The highest BCUT2D eigenvalue weighted by atomic mass is 16.3. The van der Waals surface area contributed by atoms with Crippen molar-refractivity contribution in [1.29, 1.82) is 0 Å². The molecule has 0 aromatic carbocycles. The Hall–Kier alpha value is -1.29. The molecule has 1 aliphatic rings. The molecule has 4 nitrogen and oxygen atoms in total. The summed E-state index contributed by atoms with van der Waals surface area (Å²) in [5.74, 6) is 0.936. The number of amides is 1. The van der Waals surface area contributed by atoms with Gasteiger partial charge in [-0.2, -0.15) is 0 Å². The fraction of sp³-hybridized carbons (Fsp3) is 0.583. The summed E-state index contributed by atoms with van der Waals surface area (Å²) < 4.78 is 5.16. The molecule has 16 heavy (non-hydrogen) atoms. The summed E-state index contributed by atoms with van der Waals surface area (Å²) in [7, 11) is 0. The Kier molecular flexibility index (Phi) is 3.29. The van der Waals surface area contributed by atoms with E-state index in [1.165, 1.54) is 0 Å². The molecule has 1 aromatic heterocycles. The average molecular weight is 222 g/mol. The zero-order valence-electron chi connectivity index (χ0n) is 9.37. The van der Waals surface area contributed by atoms with Crippen LogP contribution in [0.5, 0.6) is 0 Å². The molecule has 88 valence electrons. The zero-order valence-corrected chi connectivity index (χ0v) is 9.37. The van der Waals surface area contributed by atoms with Crippen LogP contribution in [-0.2, 0) is 11.2 Å². The van der Waals surface area contributed by atoms with Gasteiger partial charge in [0.15, 0.2) is 0 Å². The van der Waals surface area contributed by atoms with Gasteiger partial charge in [0.25, 0.3) is 0 Å². The second-order valence-corrected chi connectivity index (χ2v) is 4.56.